The molecule has 2 heterocycles. The van der Waals surface area contributed by atoms with Crippen LogP contribution in [0.5, 0.6) is 0 Å². The highest BCUT2D eigenvalue weighted by atomic mass is 16.4. The average molecular weight is 450 g/mol. The molecule has 0 spiro atoms. The molecule has 2 saturated heterocycles. The van der Waals surface area contributed by atoms with Gasteiger partial charge in [0.15, 0.2) is 5.60 Å². The number of hydrogen-bond donors (Lipinski definition) is 2. The zero-order valence-electron chi connectivity index (χ0n) is 18.8. The number of amides is 2. The smallest absolute Gasteiger partial charge is 0.338 e. The Bertz CT molecular complexity index is 1030. The second-order valence-corrected chi connectivity index (χ2v) is 9.66. The second kappa shape index (κ2) is 8.80. The molecule has 2 aliphatic heterocycles. The van der Waals surface area contributed by atoms with Crippen molar-refractivity contribution < 1.29 is 19.8 Å². The zero-order valence-corrected chi connectivity index (χ0v) is 18.8. The molecule has 0 radical (unpaired) electrons. The number of aliphatic hydroxyl groups is 1. The predicted octanol–water partition coefficient (Wildman–Crippen LogP) is 3.81. The third kappa shape index (κ3) is 4.35. The fourth-order valence-electron chi connectivity index (χ4n) is 5.38. The number of hydrogen-bond acceptors (Lipinski definition) is 4. The molecule has 2 aromatic carbocycles. The van der Waals surface area contributed by atoms with Gasteiger partial charge in [-0.1, -0.05) is 43.5 Å². The van der Waals surface area contributed by atoms with Crippen molar-refractivity contribution in [3.05, 3.63) is 59.7 Å². The van der Waals surface area contributed by atoms with E-state index < -0.39 is 11.6 Å². The summed E-state index contributed by atoms with van der Waals surface area (Å²) in [4.78, 5) is 29.8. The van der Waals surface area contributed by atoms with Crippen LogP contribution in [0.1, 0.15) is 49.1 Å². The zero-order chi connectivity index (χ0) is 23.0. The molecule has 174 valence electrons. The van der Waals surface area contributed by atoms with Crippen LogP contribution in [0.3, 0.4) is 0 Å². The largest absolute Gasteiger partial charge is 0.479 e. The molecule has 7 heteroatoms. The summed E-state index contributed by atoms with van der Waals surface area (Å²) in [6.45, 7) is 2.14. The molecule has 7 nitrogen and oxygen atoms in total. The Morgan fingerprint density at radius 1 is 0.939 bits per heavy atom. The SMILES string of the molecule is O=C1N(c2ccc(CN3CC(O)(C(=O)O)C3)cc2)CCN1c1cccc(C2CCCCC2)c1. The predicted molar refractivity (Wildman–Crippen MR) is 127 cm³/mol. The summed E-state index contributed by atoms with van der Waals surface area (Å²) < 4.78 is 0. The lowest BCUT2D eigenvalue weighted by molar-refractivity contribution is -0.178. The Morgan fingerprint density at radius 2 is 1.61 bits per heavy atom. The van der Waals surface area contributed by atoms with Gasteiger partial charge in [0.2, 0.25) is 0 Å². The third-order valence-corrected chi connectivity index (χ3v) is 7.29. The van der Waals surface area contributed by atoms with Gasteiger partial charge in [-0.05, 0) is 54.2 Å². The van der Waals surface area contributed by atoms with E-state index in [-0.39, 0.29) is 19.1 Å². The summed E-state index contributed by atoms with van der Waals surface area (Å²) in [5.74, 6) is -0.562. The van der Waals surface area contributed by atoms with Gasteiger partial charge in [-0.2, -0.15) is 0 Å². The van der Waals surface area contributed by atoms with Crippen molar-refractivity contribution in [2.75, 3.05) is 36.0 Å². The topological polar surface area (TPSA) is 84.3 Å². The summed E-state index contributed by atoms with van der Waals surface area (Å²) in [6.07, 6.45) is 6.39. The van der Waals surface area contributed by atoms with Crippen LogP contribution in [0.2, 0.25) is 0 Å². The van der Waals surface area contributed by atoms with Gasteiger partial charge in [0, 0.05) is 44.1 Å². The highest BCUT2D eigenvalue weighted by Gasteiger charge is 2.47. The summed E-state index contributed by atoms with van der Waals surface area (Å²) in [7, 11) is 0. The summed E-state index contributed by atoms with van der Waals surface area (Å²) in [5.41, 5.74) is 2.59. The van der Waals surface area contributed by atoms with Crippen molar-refractivity contribution in [3.63, 3.8) is 0 Å². The average Bonchev–Trinajstić information content (AvgIpc) is 3.20. The van der Waals surface area contributed by atoms with Gasteiger partial charge in [0.1, 0.15) is 0 Å². The van der Waals surface area contributed by atoms with E-state index in [2.05, 4.69) is 18.2 Å². The highest BCUT2D eigenvalue weighted by molar-refractivity contribution is 6.06. The molecule has 0 aromatic heterocycles. The first-order chi connectivity index (χ1) is 15.9. The maximum absolute atomic E-state index is 13.2. The number of β-amino-alcohol motifs (C(OH)–C–C–N with tert-alkyl or cyclic N) is 1. The minimum Gasteiger partial charge on any atom is -0.479 e. The van der Waals surface area contributed by atoms with Crippen LogP contribution < -0.4 is 9.80 Å². The molecule has 2 N–H and O–H groups in total. The van der Waals surface area contributed by atoms with Gasteiger partial charge in [-0.3, -0.25) is 14.7 Å². The molecule has 1 aliphatic carbocycles. The number of nitrogens with zero attached hydrogens (tertiary/aromatic N) is 3. The van der Waals surface area contributed by atoms with Crippen LogP contribution in [-0.4, -0.2) is 58.9 Å². The number of carboxylic acids is 1. The van der Waals surface area contributed by atoms with Gasteiger partial charge in [-0.15, -0.1) is 0 Å². The molecule has 3 aliphatic rings. The van der Waals surface area contributed by atoms with Gasteiger partial charge < -0.3 is 10.2 Å². The van der Waals surface area contributed by atoms with Crippen LogP contribution in [-0.2, 0) is 11.3 Å². The van der Waals surface area contributed by atoms with E-state index in [1.807, 2.05) is 45.0 Å². The quantitative estimate of drug-likeness (QED) is 0.701. The number of carbonyl (C=O) groups excluding carboxylic acids is 1. The number of carbonyl (C=O) groups is 2. The lowest BCUT2D eigenvalue weighted by Crippen LogP contribution is -2.65. The van der Waals surface area contributed by atoms with Crippen molar-refractivity contribution in [2.45, 2.75) is 50.2 Å². The fraction of sp³-hybridized carbons (Fsp3) is 0.462. The molecule has 0 bridgehead atoms. The molecule has 2 aromatic rings. The normalized spacial score (nSPS) is 21.3. The standard InChI is InChI=1S/C26H31N3O4/c30-24(31)26(33)17-27(18-26)16-19-9-11-22(12-10-19)28-13-14-29(25(28)32)23-8-4-7-21(15-23)20-5-2-1-3-6-20/h4,7-12,15,20,33H,1-3,5-6,13-14,16-18H2,(H,30,31). The van der Waals surface area contributed by atoms with E-state index in [0.29, 0.717) is 25.6 Å². The first kappa shape index (κ1) is 21.9. The molecule has 33 heavy (non-hydrogen) atoms. The van der Waals surface area contributed by atoms with Crippen LogP contribution in [0.15, 0.2) is 48.5 Å². The number of benzene rings is 2. The van der Waals surface area contributed by atoms with Crippen LogP contribution in [0.25, 0.3) is 0 Å². The van der Waals surface area contributed by atoms with Crippen LogP contribution in [0, 0.1) is 0 Å². The molecular formula is C26H31N3O4. The van der Waals surface area contributed by atoms with Gasteiger partial charge in [0.05, 0.1) is 0 Å². The van der Waals surface area contributed by atoms with E-state index >= 15 is 0 Å². The van der Waals surface area contributed by atoms with E-state index in [9.17, 15) is 14.7 Å². The van der Waals surface area contributed by atoms with E-state index in [0.717, 1.165) is 16.9 Å². The maximum Gasteiger partial charge on any atom is 0.338 e. The molecule has 1 saturated carbocycles. The monoisotopic (exact) mass is 449 g/mol. The number of anilines is 2. The third-order valence-electron chi connectivity index (χ3n) is 7.29. The summed E-state index contributed by atoms with van der Waals surface area (Å²) >= 11 is 0. The number of carboxylic acid groups (broad SMARTS) is 1. The van der Waals surface area contributed by atoms with Crippen molar-refractivity contribution in [1.82, 2.24) is 4.90 Å². The van der Waals surface area contributed by atoms with Crippen molar-refractivity contribution in [1.29, 1.82) is 0 Å². The van der Waals surface area contributed by atoms with E-state index in [1.54, 1.807) is 0 Å². The summed E-state index contributed by atoms with van der Waals surface area (Å²) in [5, 5.41) is 18.9. The fourth-order valence-corrected chi connectivity index (χ4v) is 5.38. The Kier molecular flexibility index (Phi) is 5.85. The molecule has 0 atom stereocenters. The van der Waals surface area contributed by atoms with Crippen LogP contribution in [0.4, 0.5) is 16.2 Å². The first-order valence-electron chi connectivity index (χ1n) is 11.9. The van der Waals surface area contributed by atoms with E-state index in [4.69, 9.17) is 5.11 Å². The van der Waals surface area contributed by atoms with Gasteiger partial charge >= 0.3 is 12.0 Å². The number of likely N-dealkylation sites (tertiary alicyclic amines) is 1. The van der Waals surface area contributed by atoms with Gasteiger partial charge in [-0.25, -0.2) is 9.59 Å². The minimum absolute atomic E-state index is 0.00203. The Labute approximate surface area is 194 Å². The Balaban J connectivity index is 1.22. The van der Waals surface area contributed by atoms with Crippen molar-refractivity contribution in [2.24, 2.45) is 0 Å². The first-order valence-corrected chi connectivity index (χ1v) is 11.9. The lowest BCUT2D eigenvalue weighted by atomic mass is 9.84. The number of rotatable bonds is 6. The number of urea groups is 1. The van der Waals surface area contributed by atoms with Crippen molar-refractivity contribution in [3.8, 4) is 0 Å². The summed E-state index contributed by atoms with van der Waals surface area (Å²) in [6, 6.07) is 16.3. The van der Waals surface area contributed by atoms with E-state index in [1.165, 1.54) is 37.7 Å². The molecule has 3 fully saturated rings. The Morgan fingerprint density at radius 3 is 2.27 bits per heavy atom. The molecule has 0 unspecified atom stereocenters. The maximum atomic E-state index is 13.2. The second-order valence-electron chi connectivity index (χ2n) is 9.66. The molecule has 5 rings (SSSR count). The molecular weight excluding hydrogens is 418 g/mol. The molecule has 2 amide bonds. The number of aliphatic carboxylic acids is 1. The van der Waals surface area contributed by atoms with Gasteiger partial charge in [0.25, 0.3) is 0 Å². The highest BCUT2D eigenvalue weighted by Crippen LogP contribution is 2.35. The Hall–Kier alpha value is -2.90. The lowest BCUT2D eigenvalue weighted by Gasteiger charge is -2.43. The minimum atomic E-state index is -1.63. The van der Waals surface area contributed by atoms with Crippen LogP contribution >= 0.6 is 0 Å². The van der Waals surface area contributed by atoms with Crippen molar-refractivity contribution >= 4 is 23.4 Å².